The minimum atomic E-state index is 0. The van der Waals surface area contributed by atoms with Gasteiger partial charge in [0.15, 0.2) is 5.96 Å². The Morgan fingerprint density at radius 2 is 1.87 bits per heavy atom. The number of aliphatic imine (C=N–C) groups is 1. The second kappa shape index (κ2) is 12.5. The highest BCUT2D eigenvalue weighted by Crippen LogP contribution is 2.21. The zero-order valence-electron chi connectivity index (χ0n) is 18.7. The van der Waals surface area contributed by atoms with Gasteiger partial charge in [-0.25, -0.2) is 0 Å². The lowest BCUT2D eigenvalue weighted by atomic mass is 9.92. The van der Waals surface area contributed by atoms with Crippen LogP contribution < -0.4 is 5.32 Å². The molecule has 3 heterocycles. The first-order valence-electron chi connectivity index (χ1n) is 11.1. The van der Waals surface area contributed by atoms with Crippen LogP contribution in [0.15, 0.2) is 27.8 Å². The van der Waals surface area contributed by atoms with Crippen molar-refractivity contribution in [2.24, 2.45) is 16.8 Å². The van der Waals surface area contributed by atoms with Crippen molar-refractivity contribution < 1.29 is 9.21 Å². The highest BCUT2D eigenvalue weighted by molar-refractivity contribution is 14.0. The van der Waals surface area contributed by atoms with Gasteiger partial charge in [0.25, 0.3) is 0 Å². The summed E-state index contributed by atoms with van der Waals surface area (Å²) in [6, 6.07) is 3.90. The average Bonchev–Trinajstić information content (AvgIpc) is 3.21. The van der Waals surface area contributed by atoms with E-state index in [9.17, 15) is 4.79 Å². The molecule has 1 aromatic rings. The van der Waals surface area contributed by atoms with Crippen LogP contribution >= 0.6 is 24.0 Å². The van der Waals surface area contributed by atoms with E-state index in [2.05, 4.69) is 40.8 Å². The van der Waals surface area contributed by atoms with Crippen molar-refractivity contribution in [2.45, 2.75) is 33.6 Å². The van der Waals surface area contributed by atoms with E-state index in [0.717, 1.165) is 64.0 Å². The fourth-order valence-corrected chi connectivity index (χ4v) is 4.43. The van der Waals surface area contributed by atoms with Crippen molar-refractivity contribution in [3.05, 3.63) is 24.2 Å². The highest BCUT2D eigenvalue weighted by Gasteiger charge is 2.28. The Morgan fingerprint density at radius 1 is 1.17 bits per heavy atom. The molecule has 8 heteroatoms. The monoisotopic (exact) mass is 531 g/mol. The topological polar surface area (TPSA) is 64.3 Å². The minimum absolute atomic E-state index is 0. The molecule has 30 heavy (non-hydrogen) atoms. The summed E-state index contributed by atoms with van der Waals surface area (Å²) in [5.41, 5.74) is 0. The third kappa shape index (κ3) is 7.44. The fraction of sp³-hybridized carbons (Fsp3) is 0.727. The van der Waals surface area contributed by atoms with E-state index >= 15 is 0 Å². The zero-order valence-corrected chi connectivity index (χ0v) is 21.0. The van der Waals surface area contributed by atoms with Crippen LogP contribution in [0.2, 0.25) is 0 Å². The summed E-state index contributed by atoms with van der Waals surface area (Å²) in [5, 5.41) is 3.40. The van der Waals surface area contributed by atoms with Crippen LogP contribution in [0.4, 0.5) is 0 Å². The van der Waals surface area contributed by atoms with Gasteiger partial charge in [-0.3, -0.25) is 14.7 Å². The molecule has 2 unspecified atom stereocenters. The smallest absolute Gasteiger partial charge is 0.236 e. The summed E-state index contributed by atoms with van der Waals surface area (Å²) in [6.07, 6.45) is 3.74. The molecule has 2 atom stereocenters. The summed E-state index contributed by atoms with van der Waals surface area (Å²) in [4.78, 5) is 24.2. The number of hydrogen-bond acceptors (Lipinski definition) is 4. The van der Waals surface area contributed by atoms with Crippen molar-refractivity contribution in [3.63, 3.8) is 0 Å². The number of furan rings is 1. The number of halogens is 1. The molecule has 2 aliphatic heterocycles. The predicted molar refractivity (Wildman–Crippen MR) is 131 cm³/mol. The maximum absolute atomic E-state index is 12.8. The number of nitrogens with zero attached hydrogens (tertiary/aromatic N) is 4. The fourth-order valence-electron chi connectivity index (χ4n) is 4.43. The lowest BCUT2D eigenvalue weighted by molar-refractivity contribution is -0.135. The Morgan fingerprint density at radius 3 is 2.47 bits per heavy atom. The van der Waals surface area contributed by atoms with Crippen LogP contribution in [-0.2, 0) is 11.2 Å². The molecule has 3 rings (SSSR count). The lowest BCUT2D eigenvalue weighted by Crippen LogP contribution is -2.55. The Balaban J connectivity index is 0.00000320. The van der Waals surface area contributed by atoms with E-state index in [1.165, 1.54) is 6.42 Å². The van der Waals surface area contributed by atoms with Gasteiger partial charge in [0.05, 0.1) is 12.8 Å². The highest BCUT2D eigenvalue weighted by atomic mass is 127. The van der Waals surface area contributed by atoms with Crippen LogP contribution in [0.1, 0.15) is 33.0 Å². The standard InChI is InChI=1S/C22H37N5O2.HI/c1-4-23-22(24-8-7-20-6-5-13-29-20)26-11-9-25(10-12-26)17-21(28)27-15-18(2)14-19(3)16-27;/h5-6,13,18-19H,4,7-12,14-17H2,1-3H3,(H,23,24);1H. The van der Waals surface area contributed by atoms with Crippen molar-refractivity contribution in [1.29, 1.82) is 0 Å². The molecule has 1 aromatic heterocycles. The molecule has 0 aliphatic carbocycles. The molecular weight excluding hydrogens is 493 g/mol. The molecule has 7 nitrogen and oxygen atoms in total. The van der Waals surface area contributed by atoms with Gasteiger partial charge < -0.3 is 19.5 Å². The van der Waals surface area contributed by atoms with Gasteiger partial charge in [-0.2, -0.15) is 0 Å². The van der Waals surface area contributed by atoms with E-state index in [1.54, 1.807) is 6.26 Å². The number of piperidine rings is 1. The largest absolute Gasteiger partial charge is 0.469 e. The molecule has 1 amide bonds. The minimum Gasteiger partial charge on any atom is -0.469 e. The first-order valence-corrected chi connectivity index (χ1v) is 11.1. The van der Waals surface area contributed by atoms with Gasteiger partial charge in [0.2, 0.25) is 5.91 Å². The van der Waals surface area contributed by atoms with Gasteiger partial charge in [0, 0.05) is 58.8 Å². The number of nitrogens with one attached hydrogen (secondary N) is 1. The van der Waals surface area contributed by atoms with Crippen molar-refractivity contribution in [1.82, 2.24) is 20.0 Å². The molecule has 1 N–H and O–H groups in total. The number of guanidine groups is 1. The summed E-state index contributed by atoms with van der Waals surface area (Å²) in [7, 11) is 0. The number of piperazine rings is 1. The van der Waals surface area contributed by atoms with Gasteiger partial charge >= 0.3 is 0 Å². The van der Waals surface area contributed by atoms with Crippen molar-refractivity contribution in [3.8, 4) is 0 Å². The maximum Gasteiger partial charge on any atom is 0.236 e. The molecule has 0 saturated carbocycles. The Labute approximate surface area is 198 Å². The number of rotatable bonds is 6. The number of amides is 1. The van der Waals surface area contributed by atoms with Gasteiger partial charge in [0.1, 0.15) is 5.76 Å². The summed E-state index contributed by atoms with van der Waals surface area (Å²) < 4.78 is 5.39. The molecule has 2 aliphatic rings. The number of likely N-dealkylation sites (tertiary alicyclic amines) is 1. The molecule has 0 radical (unpaired) electrons. The molecule has 2 fully saturated rings. The SMILES string of the molecule is CCNC(=NCCc1ccco1)N1CCN(CC(=O)N2CC(C)CC(C)C2)CC1.I. The van der Waals surface area contributed by atoms with Crippen LogP contribution in [0, 0.1) is 11.8 Å². The first-order chi connectivity index (χ1) is 14.0. The normalized spacial score (nSPS) is 23.2. The quantitative estimate of drug-likeness (QED) is 0.348. The van der Waals surface area contributed by atoms with E-state index in [0.29, 0.717) is 24.9 Å². The molecule has 2 saturated heterocycles. The molecule has 0 aromatic carbocycles. The zero-order chi connectivity index (χ0) is 20.6. The van der Waals surface area contributed by atoms with Gasteiger partial charge in [-0.05, 0) is 37.3 Å². The van der Waals surface area contributed by atoms with Crippen LogP contribution in [0.25, 0.3) is 0 Å². The summed E-state index contributed by atoms with van der Waals surface area (Å²) in [6.45, 7) is 14.1. The maximum atomic E-state index is 12.8. The van der Waals surface area contributed by atoms with E-state index < -0.39 is 0 Å². The molecular formula is C22H38IN5O2. The molecule has 170 valence electrons. The van der Waals surface area contributed by atoms with Gasteiger partial charge in [-0.15, -0.1) is 24.0 Å². The number of hydrogen-bond donors (Lipinski definition) is 1. The lowest BCUT2D eigenvalue weighted by Gasteiger charge is -2.39. The van der Waals surface area contributed by atoms with E-state index in [4.69, 9.17) is 9.41 Å². The Kier molecular flexibility index (Phi) is 10.4. The van der Waals surface area contributed by atoms with Crippen LogP contribution in [-0.4, -0.2) is 85.5 Å². The van der Waals surface area contributed by atoms with E-state index in [-0.39, 0.29) is 29.9 Å². The van der Waals surface area contributed by atoms with Gasteiger partial charge in [-0.1, -0.05) is 13.8 Å². The van der Waals surface area contributed by atoms with E-state index in [1.807, 2.05) is 12.1 Å². The third-order valence-electron chi connectivity index (χ3n) is 5.79. The third-order valence-corrected chi connectivity index (χ3v) is 5.79. The average molecular weight is 531 g/mol. The molecule has 0 spiro atoms. The Bertz CT molecular complexity index is 648. The predicted octanol–water partition coefficient (Wildman–Crippen LogP) is 2.53. The summed E-state index contributed by atoms with van der Waals surface area (Å²) in [5.74, 6) is 3.44. The summed E-state index contributed by atoms with van der Waals surface area (Å²) >= 11 is 0. The van der Waals surface area contributed by atoms with Crippen molar-refractivity contribution >= 4 is 35.8 Å². The number of carbonyl (C=O) groups is 1. The first kappa shape index (κ1) is 25.0. The van der Waals surface area contributed by atoms with Crippen molar-refractivity contribution in [2.75, 3.05) is 58.9 Å². The Hall–Kier alpha value is -1.29. The second-order valence-corrected chi connectivity index (χ2v) is 8.57. The van der Waals surface area contributed by atoms with Crippen LogP contribution in [0.3, 0.4) is 0 Å². The molecule has 0 bridgehead atoms. The van der Waals surface area contributed by atoms with Crippen LogP contribution in [0.5, 0.6) is 0 Å². The second-order valence-electron chi connectivity index (χ2n) is 8.57. The number of carbonyl (C=O) groups excluding carboxylic acids is 1.